The molecule has 2 rings (SSSR count). The van der Waals surface area contributed by atoms with Crippen LogP contribution >= 0.6 is 0 Å². The van der Waals surface area contributed by atoms with E-state index in [1.807, 2.05) is 0 Å². The molecule has 0 amide bonds. The second-order valence-corrected chi connectivity index (χ2v) is 2.34. The van der Waals surface area contributed by atoms with Crippen molar-refractivity contribution in [2.75, 3.05) is 0 Å². The van der Waals surface area contributed by atoms with E-state index in [2.05, 4.69) is 30.4 Å². The van der Waals surface area contributed by atoms with Gasteiger partial charge in [-0.15, -0.1) is 20.4 Å². The van der Waals surface area contributed by atoms with Crippen molar-refractivity contribution in [1.29, 1.82) is 0 Å². The molecule has 0 N–H and O–H groups in total. The van der Waals surface area contributed by atoms with Crippen LogP contribution < -0.4 is 0 Å². The van der Waals surface area contributed by atoms with Crippen molar-refractivity contribution in [2.24, 2.45) is 0 Å². The van der Waals surface area contributed by atoms with Crippen molar-refractivity contribution in [3.05, 3.63) is 24.3 Å². The molecule has 2 aromatic rings. The van der Waals surface area contributed by atoms with Crippen LogP contribution in [0.15, 0.2) is 18.5 Å². The summed E-state index contributed by atoms with van der Waals surface area (Å²) in [5.41, 5.74) is 0. The number of hydrogen-bond acceptors (Lipinski definition) is 6. The lowest BCUT2D eigenvalue weighted by Gasteiger charge is -1.94. The van der Waals surface area contributed by atoms with Crippen LogP contribution in [0, 0.1) is 6.92 Å². The summed E-state index contributed by atoms with van der Waals surface area (Å²) in [6.07, 6.45) is 3.23. The first kappa shape index (κ1) is 7.66. The highest BCUT2D eigenvalue weighted by atomic mass is 15.3. The fourth-order valence-corrected chi connectivity index (χ4v) is 0.783. The molecule has 13 heavy (non-hydrogen) atoms. The molecule has 0 saturated heterocycles. The Kier molecular flexibility index (Phi) is 1.87. The van der Waals surface area contributed by atoms with Crippen LogP contribution in [0.3, 0.4) is 0 Å². The fourth-order valence-electron chi connectivity index (χ4n) is 0.783. The highest BCUT2D eigenvalue weighted by Crippen LogP contribution is 2.02. The Morgan fingerprint density at radius 3 is 2.08 bits per heavy atom. The Bertz CT molecular complexity index is 383. The largest absolute Gasteiger partial charge is 0.240 e. The Morgan fingerprint density at radius 1 is 0.846 bits per heavy atom. The molecule has 0 aliphatic heterocycles. The third-order valence-electron chi connectivity index (χ3n) is 1.34. The van der Waals surface area contributed by atoms with E-state index < -0.39 is 0 Å². The van der Waals surface area contributed by atoms with Crippen molar-refractivity contribution >= 4 is 0 Å². The smallest absolute Gasteiger partial charge is 0.234 e. The van der Waals surface area contributed by atoms with Gasteiger partial charge in [-0.1, -0.05) is 0 Å². The van der Waals surface area contributed by atoms with Crippen LogP contribution in [0.25, 0.3) is 11.6 Å². The summed E-state index contributed by atoms with van der Waals surface area (Å²) >= 11 is 0. The summed E-state index contributed by atoms with van der Waals surface area (Å²) in [5.74, 6) is 1.30. The molecule has 0 spiro atoms. The minimum Gasteiger partial charge on any atom is -0.234 e. The molecule has 64 valence electrons. The Balaban J connectivity index is 2.42. The third kappa shape index (κ3) is 1.61. The van der Waals surface area contributed by atoms with E-state index in [-0.39, 0.29) is 0 Å². The normalized spacial score (nSPS) is 9.92. The predicted octanol–water partition coefficient (Wildman–Crippen LogP) is 0.0320. The van der Waals surface area contributed by atoms with Gasteiger partial charge in [-0.05, 0) is 13.0 Å². The maximum Gasteiger partial charge on any atom is 0.240 e. The van der Waals surface area contributed by atoms with Gasteiger partial charge >= 0.3 is 0 Å². The van der Waals surface area contributed by atoms with Crippen LogP contribution in [0.2, 0.25) is 0 Å². The Morgan fingerprint density at radius 2 is 1.46 bits per heavy atom. The van der Waals surface area contributed by atoms with Gasteiger partial charge < -0.3 is 0 Å². The van der Waals surface area contributed by atoms with Gasteiger partial charge in [-0.3, -0.25) is 0 Å². The fraction of sp³-hybridized carbons (Fsp3) is 0.143. The van der Waals surface area contributed by atoms with Crippen LogP contribution in [0.1, 0.15) is 5.82 Å². The zero-order valence-electron chi connectivity index (χ0n) is 6.92. The topological polar surface area (TPSA) is 77.3 Å². The lowest BCUT2D eigenvalue weighted by Crippen LogP contribution is -2.00. The van der Waals surface area contributed by atoms with E-state index in [0.717, 1.165) is 0 Å². The van der Waals surface area contributed by atoms with E-state index in [4.69, 9.17) is 0 Å². The quantitative estimate of drug-likeness (QED) is 0.607. The van der Waals surface area contributed by atoms with Crippen molar-refractivity contribution in [3.63, 3.8) is 0 Å². The monoisotopic (exact) mass is 174 g/mol. The average molecular weight is 174 g/mol. The van der Waals surface area contributed by atoms with Crippen molar-refractivity contribution in [3.8, 4) is 11.6 Å². The van der Waals surface area contributed by atoms with Crippen LogP contribution in [0.4, 0.5) is 0 Å². The molecule has 0 radical (unpaired) electrons. The van der Waals surface area contributed by atoms with E-state index in [0.29, 0.717) is 17.5 Å². The molecule has 0 aromatic carbocycles. The summed E-state index contributed by atoms with van der Waals surface area (Å²) in [5, 5.41) is 15.1. The molecule has 0 bridgehead atoms. The van der Waals surface area contributed by atoms with E-state index in [9.17, 15) is 0 Å². The molecule has 0 saturated carbocycles. The molecule has 2 heterocycles. The minimum atomic E-state index is 0.339. The lowest BCUT2D eigenvalue weighted by atomic mass is 10.5. The average Bonchev–Trinajstić information content (AvgIpc) is 2.20. The number of hydrogen-bond donors (Lipinski definition) is 0. The minimum absolute atomic E-state index is 0.339. The number of aromatic nitrogens is 6. The molecule has 2 aromatic heterocycles. The molecular formula is C7H6N6. The van der Waals surface area contributed by atoms with E-state index >= 15 is 0 Å². The van der Waals surface area contributed by atoms with Crippen molar-refractivity contribution < 1.29 is 0 Å². The van der Waals surface area contributed by atoms with E-state index in [1.165, 1.54) is 0 Å². The molecule has 6 nitrogen and oxygen atoms in total. The summed E-state index contributed by atoms with van der Waals surface area (Å²) in [6.45, 7) is 1.72. The highest BCUT2D eigenvalue weighted by molar-refractivity contribution is 5.39. The number of nitrogens with zero attached hydrogens (tertiary/aromatic N) is 6. The van der Waals surface area contributed by atoms with Crippen LogP contribution in [0.5, 0.6) is 0 Å². The summed E-state index contributed by atoms with van der Waals surface area (Å²) < 4.78 is 0. The SMILES string of the molecule is Cc1nnc(-c2ncccn2)nn1. The molecular weight excluding hydrogens is 168 g/mol. The van der Waals surface area contributed by atoms with Gasteiger partial charge in [0, 0.05) is 12.4 Å². The standard InChI is InChI=1S/C7H6N6/c1-5-10-12-7(13-11-5)6-8-3-2-4-9-6/h2-4H,1H3. The number of rotatable bonds is 1. The molecule has 0 unspecified atom stereocenters. The van der Waals surface area contributed by atoms with Gasteiger partial charge in [0.2, 0.25) is 11.6 Å². The molecule has 0 aliphatic rings. The Hall–Kier alpha value is -1.98. The van der Waals surface area contributed by atoms with Gasteiger partial charge in [-0.2, -0.15) is 0 Å². The number of aryl methyl sites for hydroxylation is 1. The maximum atomic E-state index is 3.96. The molecule has 6 heteroatoms. The van der Waals surface area contributed by atoms with Gasteiger partial charge in [0.1, 0.15) is 0 Å². The summed E-state index contributed by atoms with van der Waals surface area (Å²) in [7, 11) is 0. The predicted molar refractivity (Wildman–Crippen MR) is 43.4 cm³/mol. The first-order valence-electron chi connectivity index (χ1n) is 3.67. The first-order chi connectivity index (χ1) is 6.36. The Labute approximate surface area is 74.1 Å². The third-order valence-corrected chi connectivity index (χ3v) is 1.34. The van der Waals surface area contributed by atoms with Crippen LogP contribution in [-0.4, -0.2) is 30.4 Å². The molecule has 0 fully saturated rings. The molecule has 0 aliphatic carbocycles. The van der Waals surface area contributed by atoms with Crippen molar-refractivity contribution in [1.82, 2.24) is 30.4 Å². The zero-order chi connectivity index (χ0) is 9.10. The lowest BCUT2D eigenvalue weighted by molar-refractivity contribution is 0.807. The maximum absolute atomic E-state index is 3.96. The second kappa shape index (κ2) is 3.18. The van der Waals surface area contributed by atoms with Crippen molar-refractivity contribution in [2.45, 2.75) is 6.92 Å². The van der Waals surface area contributed by atoms with Gasteiger partial charge in [0.25, 0.3) is 0 Å². The zero-order valence-corrected chi connectivity index (χ0v) is 6.92. The first-order valence-corrected chi connectivity index (χ1v) is 3.67. The summed E-state index contributed by atoms with van der Waals surface area (Å²) in [6, 6.07) is 1.72. The van der Waals surface area contributed by atoms with Gasteiger partial charge in [0.15, 0.2) is 5.82 Å². The van der Waals surface area contributed by atoms with Gasteiger partial charge in [0.05, 0.1) is 0 Å². The van der Waals surface area contributed by atoms with Gasteiger partial charge in [-0.25, -0.2) is 9.97 Å². The highest BCUT2D eigenvalue weighted by Gasteiger charge is 2.03. The van der Waals surface area contributed by atoms with Crippen LogP contribution in [-0.2, 0) is 0 Å². The molecule has 0 atom stereocenters. The second-order valence-electron chi connectivity index (χ2n) is 2.34. The van der Waals surface area contributed by atoms with E-state index in [1.54, 1.807) is 25.4 Å². The summed E-state index contributed by atoms with van der Waals surface area (Å²) in [4.78, 5) is 7.93.